The third kappa shape index (κ3) is 3.20. The van der Waals surface area contributed by atoms with Crippen LogP contribution in [-0.2, 0) is 17.1 Å². The van der Waals surface area contributed by atoms with Gasteiger partial charge >= 0.3 is 4.87 Å². The summed E-state index contributed by atoms with van der Waals surface area (Å²) in [5.74, 6) is -1.53. The molecule has 0 unspecified atom stereocenters. The van der Waals surface area contributed by atoms with E-state index in [0.29, 0.717) is 15.8 Å². The normalized spacial score (nSPS) is 11.6. The number of nitrogens with zero attached hydrogens (tertiary/aromatic N) is 1. The van der Waals surface area contributed by atoms with Crippen molar-refractivity contribution in [1.29, 1.82) is 0 Å². The maximum atomic E-state index is 13.6. The molecule has 2 aromatic carbocycles. The Morgan fingerprint density at radius 3 is 2.60 bits per heavy atom. The lowest BCUT2D eigenvalue weighted by Crippen LogP contribution is -2.30. The fraction of sp³-hybridized carbons (Fsp3) is 0.125. The topological polar surface area (TPSA) is 85.2 Å². The van der Waals surface area contributed by atoms with Crippen molar-refractivity contribution in [3.63, 3.8) is 0 Å². The first-order chi connectivity index (χ1) is 11.7. The second kappa shape index (κ2) is 6.08. The molecule has 0 bridgehead atoms. The second-order valence-electron chi connectivity index (χ2n) is 5.46. The molecule has 0 saturated heterocycles. The first-order valence-electron chi connectivity index (χ1n) is 7.12. The highest BCUT2D eigenvalue weighted by Gasteiger charge is 2.20. The molecule has 1 N–H and O–H groups in total. The highest BCUT2D eigenvalue weighted by Crippen LogP contribution is 2.21. The van der Waals surface area contributed by atoms with Crippen LogP contribution in [0.4, 0.5) is 4.39 Å². The van der Waals surface area contributed by atoms with Gasteiger partial charge in [-0.2, -0.15) is 0 Å². The van der Waals surface area contributed by atoms with E-state index in [0.717, 1.165) is 17.4 Å². The monoisotopic (exact) mass is 380 g/mol. The number of hydrogen-bond donors (Lipinski definition) is 1. The molecule has 3 rings (SSSR count). The summed E-state index contributed by atoms with van der Waals surface area (Å²) in [7, 11) is -2.57. The number of halogens is 1. The number of aryl methyl sites for hydroxylation is 2. The number of fused-ring (bicyclic) bond motifs is 1. The van der Waals surface area contributed by atoms with Gasteiger partial charge in [0.15, 0.2) is 0 Å². The van der Waals surface area contributed by atoms with Gasteiger partial charge in [0.25, 0.3) is 15.9 Å². The van der Waals surface area contributed by atoms with Gasteiger partial charge in [-0.25, -0.2) is 17.5 Å². The van der Waals surface area contributed by atoms with Gasteiger partial charge in [0.05, 0.1) is 15.1 Å². The number of thiazole rings is 1. The van der Waals surface area contributed by atoms with Crippen molar-refractivity contribution >= 4 is 37.5 Å². The van der Waals surface area contributed by atoms with Crippen molar-refractivity contribution in [2.45, 2.75) is 11.8 Å². The third-order valence-corrected chi connectivity index (χ3v) is 6.06. The van der Waals surface area contributed by atoms with E-state index >= 15 is 0 Å². The molecule has 0 spiro atoms. The molecule has 0 atom stereocenters. The quantitative estimate of drug-likeness (QED) is 0.755. The molecule has 130 valence electrons. The Kier molecular flexibility index (Phi) is 4.21. The molecule has 1 heterocycles. The van der Waals surface area contributed by atoms with Crippen molar-refractivity contribution in [2.75, 3.05) is 0 Å². The summed E-state index contributed by atoms with van der Waals surface area (Å²) < 4.78 is 42.1. The van der Waals surface area contributed by atoms with Crippen LogP contribution >= 0.6 is 11.3 Å². The van der Waals surface area contributed by atoms with E-state index in [1.807, 2.05) is 4.72 Å². The smallest absolute Gasteiger partial charge is 0.302 e. The van der Waals surface area contributed by atoms with Crippen LogP contribution < -0.4 is 9.60 Å². The van der Waals surface area contributed by atoms with E-state index in [1.54, 1.807) is 7.05 Å². The van der Waals surface area contributed by atoms with Crippen molar-refractivity contribution in [1.82, 2.24) is 9.29 Å². The van der Waals surface area contributed by atoms with Gasteiger partial charge < -0.3 is 4.57 Å². The molecule has 9 heteroatoms. The highest BCUT2D eigenvalue weighted by atomic mass is 32.2. The van der Waals surface area contributed by atoms with Crippen LogP contribution in [0.25, 0.3) is 10.2 Å². The number of benzene rings is 2. The van der Waals surface area contributed by atoms with E-state index in [2.05, 4.69) is 0 Å². The number of carbonyl (C=O) groups is 1. The molecule has 3 aromatic rings. The molecule has 6 nitrogen and oxygen atoms in total. The molecule has 0 aliphatic rings. The summed E-state index contributed by atoms with van der Waals surface area (Å²) in [6.45, 7) is 1.54. The standard InChI is InChI=1S/C16H13FN2O4S2/c1-9-3-4-10(7-12(9)17)15(20)18-25(22,23)11-5-6-13-14(8-11)24-16(21)19(13)2/h3-8H,1-2H3,(H,18,20). The van der Waals surface area contributed by atoms with E-state index in [4.69, 9.17) is 0 Å². The van der Waals surface area contributed by atoms with E-state index in [9.17, 15) is 22.4 Å². The molecule has 1 amide bonds. The van der Waals surface area contributed by atoms with E-state index < -0.39 is 21.7 Å². The minimum atomic E-state index is -4.15. The molecule has 0 aliphatic carbocycles. The maximum absolute atomic E-state index is 13.6. The molecule has 0 fully saturated rings. The van der Waals surface area contributed by atoms with Gasteiger partial charge in [-0.1, -0.05) is 17.4 Å². The van der Waals surface area contributed by atoms with E-state index in [-0.39, 0.29) is 15.3 Å². The number of carbonyl (C=O) groups excluding carboxylic acids is 1. The predicted octanol–water partition coefficient (Wildman–Crippen LogP) is 2.17. The molecular formula is C16H13FN2O4S2. The van der Waals surface area contributed by atoms with Gasteiger partial charge in [0.1, 0.15) is 5.82 Å². The number of amides is 1. The van der Waals surface area contributed by atoms with Crippen molar-refractivity contribution in [2.24, 2.45) is 7.05 Å². The fourth-order valence-electron chi connectivity index (χ4n) is 2.26. The lowest BCUT2D eigenvalue weighted by atomic mass is 10.1. The largest absolute Gasteiger partial charge is 0.307 e. The molecular weight excluding hydrogens is 367 g/mol. The summed E-state index contributed by atoms with van der Waals surface area (Å²) in [6.07, 6.45) is 0. The predicted molar refractivity (Wildman–Crippen MR) is 92.9 cm³/mol. The van der Waals surface area contributed by atoms with Crippen LogP contribution in [0.15, 0.2) is 46.1 Å². The van der Waals surface area contributed by atoms with Crippen molar-refractivity contribution in [3.8, 4) is 0 Å². The Bertz CT molecular complexity index is 1160. The van der Waals surface area contributed by atoms with Crippen LogP contribution in [0, 0.1) is 12.7 Å². The van der Waals surface area contributed by atoms with Crippen molar-refractivity contribution < 1.29 is 17.6 Å². The number of aromatic nitrogens is 1. The van der Waals surface area contributed by atoms with Gasteiger partial charge in [0, 0.05) is 12.6 Å². The van der Waals surface area contributed by atoms with Crippen LogP contribution in [0.1, 0.15) is 15.9 Å². The van der Waals surface area contributed by atoms with Gasteiger partial charge in [-0.05, 0) is 42.8 Å². The highest BCUT2D eigenvalue weighted by molar-refractivity contribution is 7.90. The number of rotatable bonds is 3. The fourth-order valence-corrected chi connectivity index (χ4v) is 4.25. The number of hydrogen-bond acceptors (Lipinski definition) is 5. The Morgan fingerprint density at radius 1 is 1.20 bits per heavy atom. The molecule has 0 aliphatic heterocycles. The average Bonchev–Trinajstić information content (AvgIpc) is 2.83. The zero-order valence-electron chi connectivity index (χ0n) is 13.2. The van der Waals surface area contributed by atoms with Crippen LogP contribution in [0.5, 0.6) is 0 Å². The van der Waals surface area contributed by atoms with Gasteiger partial charge in [0.2, 0.25) is 0 Å². The number of sulfonamides is 1. The lowest BCUT2D eigenvalue weighted by molar-refractivity contribution is 0.0981. The second-order valence-corrected chi connectivity index (χ2v) is 8.13. The minimum Gasteiger partial charge on any atom is -0.302 e. The maximum Gasteiger partial charge on any atom is 0.307 e. The minimum absolute atomic E-state index is 0.0999. The first-order valence-corrected chi connectivity index (χ1v) is 9.42. The Morgan fingerprint density at radius 2 is 1.92 bits per heavy atom. The van der Waals surface area contributed by atoms with Gasteiger partial charge in [-0.3, -0.25) is 9.59 Å². The summed E-state index contributed by atoms with van der Waals surface area (Å²) >= 11 is 0.909. The Labute approximate surface area is 146 Å². The zero-order valence-corrected chi connectivity index (χ0v) is 14.9. The Hall–Kier alpha value is -2.52. The first kappa shape index (κ1) is 17.3. The zero-order chi connectivity index (χ0) is 18.4. The molecule has 25 heavy (non-hydrogen) atoms. The average molecular weight is 380 g/mol. The summed E-state index contributed by atoms with van der Waals surface area (Å²) in [6, 6.07) is 7.84. The molecule has 0 radical (unpaired) electrons. The SMILES string of the molecule is Cc1ccc(C(=O)NS(=O)(=O)c2ccc3c(c2)sc(=O)n3C)cc1F. The summed E-state index contributed by atoms with van der Waals surface area (Å²) in [5.41, 5.74) is 0.849. The van der Waals surface area contributed by atoms with Crippen LogP contribution in [-0.4, -0.2) is 18.9 Å². The van der Waals surface area contributed by atoms with Crippen molar-refractivity contribution in [3.05, 3.63) is 63.0 Å². The Balaban J connectivity index is 1.94. The number of nitrogens with one attached hydrogen (secondary N) is 1. The van der Waals surface area contributed by atoms with Crippen LogP contribution in [0.2, 0.25) is 0 Å². The lowest BCUT2D eigenvalue weighted by Gasteiger charge is -2.08. The third-order valence-electron chi connectivity index (χ3n) is 3.74. The summed E-state index contributed by atoms with van der Waals surface area (Å²) in [5, 5.41) is 0. The summed E-state index contributed by atoms with van der Waals surface area (Å²) in [4.78, 5) is 23.4. The van der Waals surface area contributed by atoms with Crippen LogP contribution in [0.3, 0.4) is 0 Å². The molecule has 0 saturated carbocycles. The van der Waals surface area contributed by atoms with E-state index in [1.165, 1.54) is 41.8 Å². The molecule has 1 aromatic heterocycles. The van der Waals surface area contributed by atoms with Gasteiger partial charge in [-0.15, -0.1) is 0 Å².